The van der Waals surface area contributed by atoms with E-state index < -0.39 is 0 Å². The van der Waals surface area contributed by atoms with E-state index in [2.05, 4.69) is 52.0 Å². The van der Waals surface area contributed by atoms with Crippen molar-refractivity contribution < 1.29 is 4.42 Å². The molecule has 24 heavy (non-hydrogen) atoms. The van der Waals surface area contributed by atoms with E-state index in [0.29, 0.717) is 10.5 Å². The summed E-state index contributed by atoms with van der Waals surface area (Å²) >= 11 is 8.78. The molecular weight excluding hydrogens is 388 g/mol. The number of furan rings is 1. The summed E-state index contributed by atoms with van der Waals surface area (Å²) in [6.07, 6.45) is 1.64. The number of hydrogen-bond donors (Lipinski definition) is 1. The van der Waals surface area contributed by atoms with E-state index in [9.17, 15) is 0 Å². The Morgan fingerprint density at radius 3 is 2.71 bits per heavy atom. The molecule has 0 amide bonds. The van der Waals surface area contributed by atoms with Gasteiger partial charge in [-0.05, 0) is 30.4 Å². The summed E-state index contributed by atoms with van der Waals surface area (Å²) in [4.78, 5) is 0. The number of nitrogens with zero attached hydrogens (tertiary/aromatic N) is 3. The number of nitrogens with one attached hydrogen (secondary N) is 1. The number of halogens is 1. The molecule has 124 valence electrons. The van der Waals surface area contributed by atoms with Gasteiger partial charge in [-0.25, -0.2) is 0 Å². The van der Waals surface area contributed by atoms with Crippen LogP contribution in [0.15, 0.2) is 50.4 Å². The molecule has 0 radical (unpaired) electrons. The number of aromatic amines is 1. The van der Waals surface area contributed by atoms with Crippen molar-refractivity contribution >= 4 is 34.4 Å². The molecule has 1 N–H and O–H groups in total. The van der Waals surface area contributed by atoms with Gasteiger partial charge in [-0.15, -0.1) is 0 Å². The molecule has 0 saturated heterocycles. The molecule has 0 aliphatic heterocycles. The molecular formula is C17H17BrN4OS. The van der Waals surface area contributed by atoms with Crippen LogP contribution in [0, 0.1) is 4.77 Å². The van der Waals surface area contributed by atoms with E-state index >= 15 is 0 Å². The predicted octanol–water partition coefficient (Wildman–Crippen LogP) is 5.14. The Morgan fingerprint density at radius 1 is 1.25 bits per heavy atom. The first-order chi connectivity index (χ1) is 11.4. The molecule has 0 saturated carbocycles. The smallest absolute Gasteiger partial charge is 0.216 e. The van der Waals surface area contributed by atoms with Crippen LogP contribution >= 0.6 is 28.1 Å². The average molecular weight is 405 g/mol. The minimum atomic E-state index is -0.172. The van der Waals surface area contributed by atoms with Gasteiger partial charge in [0.25, 0.3) is 0 Å². The van der Waals surface area contributed by atoms with Gasteiger partial charge in [-0.1, -0.05) is 54.9 Å². The summed E-state index contributed by atoms with van der Waals surface area (Å²) in [7, 11) is 0. The summed E-state index contributed by atoms with van der Waals surface area (Å²) in [6, 6.07) is 11.7. The first-order valence-electron chi connectivity index (χ1n) is 7.43. The molecule has 2 aromatic heterocycles. The van der Waals surface area contributed by atoms with Crippen LogP contribution in [0.4, 0.5) is 0 Å². The highest BCUT2D eigenvalue weighted by molar-refractivity contribution is 9.10. The molecule has 0 spiro atoms. The van der Waals surface area contributed by atoms with E-state index in [1.54, 1.807) is 10.9 Å². The van der Waals surface area contributed by atoms with Gasteiger partial charge >= 0.3 is 0 Å². The lowest BCUT2D eigenvalue weighted by atomic mass is 9.96. The molecule has 1 aromatic carbocycles. The number of rotatable bonds is 3. The normalized spacial score (nSPS) is 12.2. The van der Waals surface area contributed by atoms with Gasteiger partial charge in [0.05, 0.1) is 6.21 Å². The second kappa shape index (κ2) is 6.49. The molecule has 0 unspecified atom stereocenters. The van der Waals surface area contributed by atoms with Crippen LogP contribution in [0.25, 0.3) is 11.3 Å². The van der Waals surface area contributed by atoms with Crippen molar-refractivity contribution in [2.75, 3.05) is 0 Å². The van der Waals surface area contributed by atoms with Crippen molar-refractivity contribution in [3.05, 3.63) is 57.2 Å². The lowest BCUT2D eigenvalue weighted by molar-refractivity contribution is 0.515. The minimum absolute atomic E-state index is 0.172. The third kappa shape index (κ3) is 3.42. The maximum Gasteiger partial charge on any atom is 0.216 e. The summed E-state index contributed by atoms with van der Waals surface area (Å²) in [5, 5.41) is 11.5. The predicted molar refractivity (Wildman–Crippen MR) is 101 cm³/mol. The summed E-state index contributed by atoms with van der Waals surface area (Å²) in [5.74, 6) is 2.18. The van der Waals surface area contributed by atoms with E-state index in [0.717, 1.165) is 21.6 Å². The maximum absolute atomic E-state index is 5.86. The van der Waals surface area contributed by atoms with Crippen molar-refractivity contribution in [3.63, 3.8) is 0 Å². The van der Waals surface area contributed by atoms with Gasteiger partial charge in [0.15, 0.2) is 5.82 Å². The molecule has 2 heterocycles. The summed E-state index contributed by atoms with van der Waals surface area (Å²) in [6.45, 7) is 6.17. The van der Waals surface area contributed by atoms with Crippen molar-refractivity contribution in [2.45, 2.75) is 26.2 Å². The lowest BCUT2D eigenvalue weighted by Crippen LogP contribution is -2.17. The molecule has 7 heteroatoms. The molecule has 5 nitrogen and oxygen atoms in total. The fourth-order valence-electron chi connectivity index (χ4n) is 2.23. The largest absolute Gasteiger partial charge is 0.455 e. The van der Waals surface area contributed by atoms with Gasteiger partial charge in [0.2, 0.25) is 4.77 Å². The highest BCUT2D eigenvalue weighted by Gasteiger charge is 2.21. The van der Waals surface area contributed by atoms with Crippen LogP contribution in [0.1, 0.15) is 32.4 Å². The molecule has 0 aliphatic rings. The van der Waals surface area contributed by atoms with E-state index in [1.807, 2.05) is 36.4 Å². The number of hydrogen-bond acceptors (Lipinski definition) is 4. The summed E-state index contributed by atoms with van der Waals surface area (Å²) in [5.41, 5.74) is 0.821. The Hall–Kier alpha value is -1.99. The lowest BCUT2D eigenvalue weighted by Gasteiger charge is -2.15. The fraction of sp³-hybridized carbons (Fsp3) is 0.235. The topological polar surface area (TPSA) is 59.1 Å². The first-order valence-corrected chi connectivity index (χ1v) is 8.63. The third-order valence-corrected chi connectivity index (χ3v) is 4.34. The van der Waals surface area contributed by atoms with Crippen LogP contribution in [-0.4, -0.2) is 21.1 Å². The van der Waals surface area contributed by atoms with E-state index in [1.165, 1.54) is 0 Å². The standard InChI is InChI=1S/C17H17BrN4OS/c1-17(2,3)15-20-21-16(24)22(15)19-10-11-8-9-14(23-11)12-6-4-5-7-13(12)18/h4-10H,1-3H3,(H,21,24)/b19-10-. The Balaban J connectivity index is 1.91. The molecule has 0 fully saturated rings. The monoisotopic (exact) mass is 404 g/mol. The van der Waals surface area contributed by atoms with Gasteiger partial charge in [-0.2, -0.15) is 14.9 Å². The zero-order valence-corrected chi connectivity index (χ0v) is 16.0. The van der Waals surface area contributed by atoms with Crippen LogP contribution < -0.4 is 0 Å². The molecule has 3 rings (SSSR count). The van der Waals surface area contributed by atoms with Crippen molar-refractivity contribution in [2.24, 2.45) is 5.10 Å². The minimum Gasteiger partial charge on any atom is -0.455 e. The zero-order valence-electron chi connectivity index (χ0n) is 13.6. The zero-order chi connectivity index (χ0) is 17.3. The SMILES string of the molecule is CC(C)(C)c1n[nH]c(=S)n1/N=C\c1ccc(-c2ccccc2Br)o1. The second-order valence-corrected chi connectivity index (χ2v) is 7.58. The van der Waals surface area contributed by atoms with E-state index in [-0.39, 0.29) is 5.41 Å². The summed E-state index contributed by atoms with van der Waals surface area (Å²) < 4.78 is 8.91. The van der Waals surface area contributed by atoms with Crippen molar-refractivity contribution in [1.29, 1.82) is 0 Å². The Labute approximate surface area is 153 Å². The van der Waals surface area contributed by atoms with Crippen LogP contribution in [0.3, 0.4) is 0 Å². The third-order valence-electron chi connectivity index (χ3n) is 3.39. The van der Waals surface area contributed by atoms with Gasteiger partial charge < -0.3 is 4.42 Å². The molecule has 0 aliphatic carbocycles. The molecule has 3 aromatic rings. The van der Waals surface area contributed by atoms with Gasteiger partial charge in [0.1, 0.15) is 11.5 Å². The van der Waals surface area contributed by atoms with Gasteiger partial charge in [0, 0.05) is 15.5 Å². The van der Waals surface area contributed by atoms with Crippen molar-refractivity contribution in [1.82, 2.24) is 14.9 Å². The number of benzene rings is 1. The van der Waals surface area contributed by atoms with Crippen molar-refractivity contribution in [3.8, 4) is 11.3 Å². The quantitative estimate of drug-likeness (QED) is 0.485. The Kier molecular flexibility index (Phi) is 4.56. The Morgan fingerprint density at radius 2 is 2.00 bits per heavy atom. The van der Waals surface area contributed by atoms with Gasteiger partial charge in [-0.3, -0.25) is 5.10 Å². The Bertz CT molecular complexity index is 946. The maximum atomic E-state index is 5.86. The van der Waals surface area contributed by atoms with Crippen LogP contribution in [-0.2, 0) is 5.41 Å². The molecule has 0 bridgehead atoms. The first kappa shape index (κ1) is 16.9. The number of aromatic nitrogens is 3. The van der Waals surface area contributed by atoms with Crippen LogP contribution in [0.5, 0.6) is 0 Å². The highest BCUT2D eigenvalue weighted by atomic mass is 79.9. The van der Waals surface area contributed by atoms with Crippen LogP contribution in [0.2, 0.25) is 0 Å². The molecule has 0 atom stereocenters. The fourth-order valence-corrected chi connectivity index (χ4v) is 2.89. The second-order valence-electron chi connectivity index (χ2n) is 6.34. The van der Waals surface area contributed by atoms with E-state index in [4.69, 9.17) is 16.6 Å². The highest BCUT2D eigenvalue weighted by Crippen LogP contribution is 2.29. The number of H-pyrrole nitrogens is 1. The average Bonchev–Trinajstić information content (AvgIpc) is 3.12.